The average Bonchev–Trinajstić information content (AvgIpc) is 3.01. The Hall–Kier alpha value is -2.84. The normalized spacial score (nSPS) is 10.9. The Labute approximate surface area is 137 Å². The summed E-state index contributed by atoms with van der Waals surface area (Å²) in [6.45, 7) is 0.188. The van der Waals surface area contributed by atoms with Crippen LogP contribution in [-0.2, 0) is 0 Å². The zero-order valence-corrected chi connectivity index (χ0v) is 12.8. The van der Waals surface area contributed by atoms with Crippen LogP contribution in [0.4, 0.5) is 0 Å². The van der Waals surface area contributed by atoms with Gasteiger partial charge in [0.05, 0.1) is 13.2 Å². The lowest BCUT2D eigenvalue weighted by atomic mass is 10.3. The molecular weight excluding hydrogens is 314 g/mol. The van der Waals surface area contributed by atoms with Crippen LogP contribution in [0.1, 0.15) is 0 Å². The largest absolute Gasteiger partial charge is 0.505 e. The lowest BCUT2D eigenvalue weighted by Crippen LogP contribution is -2.03. The number of aliphatic hydroxyl groups is 2. The number of nitrogens with zero attached hydrogens (tertiary/aromatic N) is 3. The molecule has 2 aromatic carbocycles. The van der Waals surface area contributed by atoms with Gasteiger partial charge in [-0.15, -0.1) is 15.0 Å². The van der Waals surface area contributed by atoms with E-state index >= 15 is 0 Å². The summed E-state index contributed by atoms with van der Waals surface area (Å²) in [6.07, 6.45) is 0. The fraction of sp³-hybridized carbons (Fsp3) is 0.250. The molecule has 0 bridgehead atoms. The maximum absolute atomic E-state index is 10.1. The van der Waals surface area contributed by atoms with Crippen molar-refractivity contribution >= 4 is 11.0 Å². The van der Waals surface area contributed by atoms with Gasteiger partial charge in [-0.05, 0) is 24.3 Å². The Kier molecular flexibility index (Phi) is 4.78. The van der Waals surface area contributed by atoms with Crippen LogP contribution in [0.2, 0.25) is 0 Å². The first-order valence-electron chi connectivity index (χ1n) is 7.39. The summed E-state index contributed by atoms with van der Waals surface area (Å²) < 4.78 is 10.6. The van der Waals surface area contributed by atoms with Crippen LogP contribution >= 0.6 is 0 Å². The summed E-state index contributed by atoms with van der Waals surface area (Å²) in [5.74, 6) is 0.991. The number of phenols is 1. The first-order valence-corrected chi connectivity index (χ1v) is 7.39. The van der Waals surface area contributed by atoms with Crippen LogP contribution in [-0.4, -0.2) is 56.7 Å². The maximum Gasteiger partial charge on any atom is 0.146 e. The fourth-order valence-electron chi connectivity index (χ4n) is 2.18. The zero-order chi connectivity index (χ0) is 16.9. The predicted octanol–water partition coefficient (Wildman–Crippen LogP) is 0.868. The van der Waals surface area contributed by atoms with E-state index in [1.165, 1.54) is 10.9 Å². The Morgan fingerprint density at radius 3 is 2.12 bits per heavy atom. The molecule has 0 unspecified atom stereocenters. The van der Waals surface area contributed by atoms with E-state index in [-0.39, 0.29) is 32.2 Å². The van der Waals surface area contributed by atoms with Crippen LogP contribution in [0.3, 0.4) is 0 Å². The number of hydrogen-bond donors (Lipinski definition) is 3. The molecule has 0 fully saturated rings. The molecule has 3 aromatic rings. The van der Waals surface area contributed by atoms with Gasteiger partial charge in [0.15, 0.2) is 0 Å². The minimum atomic E-state index is -0.102. The third kappa shape index (κ3) is 3.39. The monoisotopic (exact) mass is 331 g/mol. The summed E-state index contributed by atoms with van der Waals surface area (Å²) >= 11 is 0. The number of fused-ring (bicyclic) bond motifs is 1. The van der Waals surface area contributed by atoms with Crippen LogP contribution in [0.25, 0.3) is 16.7 Å². The van der Waals surface area contributed by atoms with Crippen molar-refractivity contribution in [3.8, 4) is 22.9 Å². The van der Waals surface area contributed by atoms with Gasteiger partial charge in [0, 0.05) is 12.1 Å². The molecule has 0 atom stereocenters. The third-order valence-electron chi connectivity index (χ3n) is 3.23. The molecule has 8 heteroatoms. The Morgan fingerprint density at radius 2 is 1.46 bits per heavy atom. The van der Waals surface area contributed by atoms with Gasteiger partial charge in [0.2, 0.25) is 0 Å². The predicted molar refractivity (Wildman–Crippen MR) is 85.7 cm³/mol. The highest BCUT2D eigenvalue weighted by Crippen LogP contribution is 2.27. The van der Waals surface area contributed by atoms with Crippen LogP contribution in [0.15, 0.2) is 36.4 Å². The molecule has 1 heterocycles. The molecule has 24 heavy (non-hydrogen) atoms. The smallest absolute Gasteiger partial charge is 0.146 e. The lowest BCUT2D eigenvalue weighted by molar-refractivity contribution is 0.201. The second kappa shape index (κ2) is 7.16. The molecule has 1 aromatic heterocycles. The van der Waals surface area contributed by atoms with Gasteiger partial charge in [-0.25, -0.2) is 0 Å². The quantitative estimate of drug-likeness (QED) is 0.589. The third-order valence-corrected chi connectivity index (χ3v) is 3.23. The van der Waals surface area contributed by atoms with Gasteiger partial charge in [-0.3, -0.25) is 0 Å². The lowest BCUT2D eigenvalue weighted by Gasteiger charge is -2.07. The SMILES string of the molecule is OCCOc1ccc(-n2nc3ccc(OCCO)cc3n2)c(O)c1. The number of aromatic hydroxyl groups is 1. The minimum absolute atomic E-state index is 0.0394. The summed E-state index contributed by atoms with van der Waals surface area (Å²) in [5, 5.41) is 36.3. The number of aliphatic hydroxyl groups excluding tert-OH is 2. The number of phenolic OH excluding ortho intramolecular Hbond substituents is 1. The van der Waals surface area contributed by atoms with E-state index in [0.717, 1.165) is 0 Å². The van der Waals surface area contributed by atoms with Crippen molar-refractivity contribution < 1.29 is 24.8 Å². The Bertz CT molecular complexity index is 834. The van der Waals surface area contributed by atoms with E-state index in [9.17, 15) is 5.11 Å². The highest BCUT2D eigenvalue weighted by molar-refractivity contribution is 5.75. The number of hydrogen-bond acceptors (Lipinski definition) is 7. The Balaban J connectivity index is 1.88. The summed E-state index contributed by atoms with van der Waals surface area (Å²) in [5.41, 5.74) is 1.65. The molecule has 3 rings (SSSR count). The molecular formula is C16H17N3O5. The van der Waals surface area contributed by atoms with E-state index in [1.807, 2.05) is 0 Å². The topological polar surface area (TPSA) is 110 Å². The zero-order valence-electron chi connectivity index (χ0n) is 12.8. The molecule has 0 aliphatic heterocycles. The molecule has 0 aliphatic carbocycles. The van der Waals surface area contributed by atoms with Crippen LogP contribution in [0.5, 0.6) is 17.2 Å². The minimum Gasteiger partial charge on any atom is -0.505 e. The first kappa shape index (κ1) is 16.0. The van der Waals surface area contributed by atoms with Crippen molar-refractivity contribution in [1.82, 2.24) is 15.0 Å². The number of benzene rings is 2. The van der Waals surface area contributed by atoms with Gasteiger partial charge in [0.1, 0.15) is 47.2 Å². The molecule has 126 valence electrons. The van der Waals surface area contributed by atoms with Crippen molar-refractivity contribution in [3.05, 3.63) is 36.4 Å². The second-order valence-corrected chi connectivity index (χ2v) is 4.93. The summed E-state index contributed by atoms with van der Waals surface area (Å²) in [4.78, 5) is 1.33. The molecule has 3 N–H and O–H groups in total. The van der Waals surface area contributed by atoms with Crippen molar-refractivity contribution in [2.75, 3.05) is 26.4 Å². The van der Waals surface area contributed by atoms with E-state index in [2.05, 4.69) is 10.2 Å². The second-order valence-electron chi connectivity index (χ2n) is 4.93. The van der Waals surface area contributed by atoms with Gasteiger partial charge < -0.3 is 24.8 Å². The average molecular weight is 331 g/mol. The summed E-state index contributed by atoms with van der Waals surface area (Å²) in [6, 6.07) is 9.93. The molecule has 8 nitrogen and oxygen atoms in total. The first-order chi connectivity index (χ1) is 11.7. The Morgan fingerprint density at radius 1 is 0.833 bits per heavy atom. The standard InChI is InChI=1S/C16H17N3O5/c20-5-7-23-11-1-3-13-14(9-11)18-19(17-13)15-4-2-12(10-16(15)22)24-8-6-21/h1-4,9-10,20-22H,5-8H2. The van der Waals surface area contributed by atoms with Crippen LogP contribution < -0.4 is 9.47 Å². The molecule has 0 saturated heterocycles. The number of ether oxygens (including phenoxy) is 2. The van der Waals surface area contributed by atoms with E-state index in [1.54, 1.807) is 30.3 Å². The van der Waals surface area contributed by atoms with Gasteiger partial charge in [-0.2, -0.15) is 0 Å². The van der Waals surface area contributed by atoms with Crippen molar-refractivity contribution in [2.24, 2.45) is 0 Å². The highest BCUT2D eigenvalue weighted by atomic mass is 16.5. The van der Waals surface area contributed by atoms with Crippen molar-refractivity contribution in [1.29, 1.82) is 0 Å². The van der Waals surface area contributed by atoms with Crippen molar-refractivity contribution in [2.45, 2.75) is 0 Å². The van der Waals surface area contributed by atoms with E-state index in [4.69, 9.17) is 19.7 Å². The molecule has 0 radical (unpaired) electrons. The number of rotatable bonds is 7. The molecule has 0 amide bonds. The van der Waals surface area contributed by atoms with E-state index < -0.39 is 0 Å². The van der Waals surface area contributed by atoms with Crippen molar-refractivity contribution in [3.63, 3.8) is 0 Å². The van der Waals surface area contributed by atoms with Gasteiger partial charge in [-0.1, -0.05) is 0 Å². The van der Waals surface area contributed by atoms with Gasteiger partial charge in [0.25, 0.3) is 0 Å². The van der Waals surface area contributed by atoms with Crippen LogP contribution in [0, 0.1) is 0 Å². The fourth-order valence-corrected chi connectivity index (χ4v) is 2.18. The van der Waals surface area contributed by atoms with E-state index in [0.29, 0.717) is 28.2 Å². The summed E-state index contributed by atoms with van der Waals surface area (Å²) in [7, 11) is 0. The van der Waals surface area contributed by atoms with Gasteiger partial charge >= 0.3 is 0 Å². The maximum atomic E-state index is 10.1. The highest BCUT2D eigenvalue weighted by Gasteiger charge is 2.11. The molecule has 0 aliphatic rings. The number of aromatic nitrogens is 3. The molecule has 0 saturated carbocycles. The molecule has 0 spiro atoms.